The van der Waals surface area contributed by atoms with Crippen molar-refractivity contribution in [1.82, 2.24) is 5.01 Å². The Hall–Kier alpha value is -2.29. The number of hydrogen-bond acceptors (Lipinski definition) is 3. The van der Waals surface area contributed by atoms with Crippen LogP contribution in [0.3, 0.4) is 0 Å². The van der Waals surface area contributed by atoms with Gasteiger partial charge in [0.2, 0.25) is 0 Å². The van der Waals surface area contributed by atoms with Crippen molar-refractivity contribution < 1.29 is 4.74 Å². The van der Waals surface area contributed by atoms with E-state index in [0.29, 0.717) is 6.04 Å². The van der Waals surface area contributed by atoms with Crippen LogP contribution in [-0.4, -0.2) is 16.4 Å². The molecule has 3 nitrogen and oxygen atoms in total. The standard InChI is InChI=1S/C22H24N2O/c1-16-11-13-22(14-12-16)24-20(18-9-5-6-10-21(18)25-22)15-19(23-24)17-7-3-2-4-8-17/h2-10,16,20H,11-15H2,1H3/t16?,20-,22?/m1/s1. The molecule has 0 bridgehead atoms. The molecule has 128 valence electrons. The summed E-state index contributed by atoms with van der Waals surface area (Å²) in [6, 6.07) is 19.4. The molecule has 0 N–H and O–H groups in total. The lowest BCUT2D eigenvalue weighted by Gasteiger charge is -2.50. The smallest absolute Gasteiger partial charge is 0.198 e. The van der Waals surface area contributed by atoms with Crippen LogP contribution in [0.2, 0.25) is 0 Å². The van der Waals surface area contributed by atoms with Crippen LogP contribution < -0.4 is 4.74 Å². The van der Waals surface area contributed by atoms with Crippen molar-refractivity contribution in [1.29, 1.82) is 0 Å². The molecule has 0 unspecified atom stereocenters. The van der Waals surface area contributed by atoms with E-state index in [1.807, 2.05) is 0 Å². The third-order valence-corrected chi connectivity index (χ3v) is 6.07. The van der Waals surface area contributed by atoms with Gasteiger partial charge in [-0.1, -0.05) is 55.5 Å². The zero-order valence-corrected chi connectivity index (χ0v) is 14.7. The third kappa shape index (κ3) is 2.37. The molecular formula is C22H24N2O. The summed E-state index contributed by atoms with van der Waals surface area (Å²) in [7, 11) is 0. The summed E-state index contributed by atoms with van der Waals surface area (Å²) >= 11 is 0. The lowest BCUT2D eigenvalue weighted by Crippen LogP contribution is -2.55. The van der Waals surface area contributed by atoms with E-state index in [1.165, 1.54) is 29.7 Å². The molecule has 1 atom stereocenters. The van der Waals surface area contributed by atoms with Crippen LogP contribution in [0, 0.1) is 5.92 Å². The molecule has 1 fully saturated rings. The van der Waals surface area contributed by atoms with Crippen molar-refractivity contribution >= 4 is 5.71 Å². The second-order valence-corrected chi connectivity index (χ2v) is 7.75. The molecule has 2 aromatic carbocycles. The number of hydrazone groups is 1. The van der Waals surface area contributed by atoms with Gasteiger partial charge in [-0.2, -0.15) is 5.10 Å². The highest BCUT2D eigenvalue weighted by Crippen LogP contribution is 2.51. The fourth-order valence-electron chi connectivity index (χ4n) is 4.58. The van der Waals surface area contributed by atoms with Crippen LogP contribution in [0.4, 0.5) is 0 Å². The van der Waals surface area contributed by atoms with E-state index >= 15 is 0 Å². The van der Waals surface area contributed by atoms with Gasteiger partial charge in [-0.25, -0.2) is 5.01 Å². The van der Waals surface area contributed by atoms with Crippen molar-refractivity contribution in [3.8, 4) is 5.75 Å². The lowest BCUT2D eigenvalue weighted by atomic mass is 9.82. The van der Waals surface area contributed by atoms with E-state index in [2.05, 4.69) is 66.5 Å². The first-order valence-electron chi connectivity index (χ1n) is 9.45. The summed E-state index contributed by atoms with van der Waals surface area (Å²) in [5.41, 5.74) is 3.43. The maximum atomic E-state index is 6.63. The van der Waals surface area contributed by atoms with Crippen LogP contribution in [0.1, 0.15) is 56.2 Å². The Labute approximate surface area is 149 Å². The van der Waals surface area contributed by atoms with Gasteiger partial charge in [0.1, 0.15) is 5.75 Å². The second kappa shape index (κ2) is 5.62. The fourth-order valence-corrected chi connectivity index (χ4v) is 4.58. The van der Waals surface area contributed by atoms with Gasteiger partial charge in [0.15, 0.2) is 5.72 Å². The Morgan fingerprint density at radius 2 is 1.72 bits per heavy atom. The Morgan fingerprint density at radius 1 is 1.00 bits per heavy atom. The topological polar surface area (TPSA) is 24.8 Å². The maximum absolute atomic E-state index is 6.63. The minimum Gasteiger partial charge on any atom is -0.466 e. The SMILES string of the molecule is CC1CCC2(CC1)Oc1ccccc1[C@H]1CC(c3ccccc3)=NN12. The quantitative estimate of drug-likeness (QED) is 0.722. The van der Waals surface area contributed by atoms with E-state index in [1.54, 1.807) is 0 Å². The summed E-state index contributed by atoms with van der Waals surface area (Å²) < 4.78 is 6.63. The van der Waals surface area contributed by atoms with Gasteiger partial charge in [0, 0.05) is 24.8 Å². The average Bonchev–Trinajstić information content (AvgIpc) is 3.12. The molecule has 1 saturated carbocycles. The fraction of sp³-hybridized carbons (Fsp3) is 0.409. The molecule has 5 rings (SSSR count). The van der Waals surface area contributed by atoms with Gasteiger partial charge in [-0.15, -0.1) is 0 Å². The van der Waals surface area contributed by atoms with Crippen LogP contribution in [-0.2, 0) is 0 Å². The maximum Gasteiger partial charge on any atom is 0.198 e. The number of ether oxygens (including phenoxy) is 1. The van der Waals surface area contributed by atoms with Gasteiger partial charge in [0.25, 0.3) is 0 Å². The first-order chi connectivity index (χ1) is 12.3. The molecule has 0 saturated heterocycles. The second-order valence-electron chi connectivity index (χ2n) is 7.75. The Morgan fingerprint density at radius 3 is 2.52 bits per heavy atom. The highest BCUT2D eigenvalue weighted by atomic mass is 16.5. The number of fused-ring (bicyclic) bond motifs is 4. The van der Waals surface area contributed by atoms with Gasteiger partial charge in [-0.3, -0.25) is 0 Å². The van der Waals surface area contributed by atoms with E-state index in [4.69, 9.17) is 9.84 Å². The summed E-state index contributed by atoms with van der Waals surface area (Å²) in [5.74, 6) is 1.84. The highest BCUT2D eigenvalue weighted by molar-refractivity contribution is 6.01. The molecule has 1 aliphatic carbocycles. The highest BCUT2D eigenvalue weighted by Gasteiger charge is 2.51. The van der Waals surface area contributed by atoms with Crippen LogP contribution in [0.25, 0.3) is 0 Å². The first kappa shape index (κ1) is 15.0. The molecule has 0 amide bonds. The van der Waals surface area contributed by atoms with E-state index in [-0.39, 0.29) is 5.72 Å². The predicted octanol–water partition coefficient (Wildman–Crippen LogP) is 5.14. The lowest BCUT2D eigenvalue weighted by molar-refractivity contribution is -0.145. The van der Waals surface area contributed by atoms with E-state index in [0.717, 1.165) is 30.9 Å². The Bertz CT molecular complexity index is 806. The molecule has 0 aromatic heterocycles. The number of benzene rings is 2. The predicted molar refractivity (Wildman–Crippen MR) is 99.6 cm³/mol. The number of nitrogens with zero attached hydrogens (tertiary/aromatic N) is 2. The minimum absolute atomic E-state index is 0.262. The average molecular weight is 332 g/mol. The van der Waals surface area contributed by atoms with Crippen LogP contribution >= 0.6 is 0 Å². The largest absolute Gasteiger partial charge is 0.466 e. The molecule has 2 aliphatic heterocycles. The van der Waals surface area contributed by atoms with Crippen molar-refractivity contribution in [2.45, 2.75) is 50.8 Å². The van der Waals surface area contributed by atoms with Gasteiger partial charge in [0.05, 0.1) is 11.8 Å². The van der Waals surface area contributed by atoms with Gasteiger partial charge >= 0.3 is 0 Å². The number of para-hydroxylation sites is 1. The number of rotatable bonds is 1. The van der Waals surface area contributed by atoms with Crippen molar-refractivity contribution in [2.75, 3.05) is 0 Å². The van der Waals surface area contributed by atoms with Crippen LogP contribution in [0.15, 0.2) is 59.7 Å². The summed E-state index contributed by atoms with van der Waals surface area (Å²) in [4.78, 5) is 0. The summed E-state index contributed by atoms with van der Waals surface area (Å²) in [6.07, 6.45) is 5.50. The Kier molecular flexibility index (Phi) is 3.37. The van der Waals surface area contributed by atoms with Crippen molar-refractivity contribution in [3.05, 3.63) is 65.7 Å². The normalized spacial score (nSPS) is 30.4. The molecule has 0 radical (unpaired) electrons. The molecule has 1 spiro atoms. The van der Waals surface area contributed by atoms with Gasteiger partial charge in [-0.05, 0) is 30.4 Å². The van der Waals surface area contributed by atoms with E-state index in [9.17, 15) is 0 Å². The minimum atomic E-state index is -0.262. The molecule has 3 aliphatic rings. The molecule has 3 heteroatoms. The van der Waals surface area contributed by atoms with E-state index < -0.39 is 0 Å². The Balaban J connectivity index is 1.59. The van der Waals surface area contributed by atoms with Gasteiger partial charge < -0.3 is 4.74 Å². The summed E-state index contributed by atoms with van der Waals surface area (Å²) in [5, 5.41) is 7.42. The third-order valence-electron chi connectivity index (χ3n) is 6.07. The monoisotopic (exact) mass is 332 g/mol. The molecule has 2 aromatic rings. The summed E-state index contributed by atoms with van der Waals surface area (Å²) in [6.45, 7) is 2.35. The first-order valence-corrected chi connectivity index (χ1v) is 9.45. The van der Waals surface area contributed by atoms with Crippen LogP contribution in [0.5, 0.6) is 5.75 Å². The van der Waals surface area contributed by atoms with Crippen molar-refractivity contribution in [3.63, 3.8) is 0 Å². The number of hydrogen-bond donors (Lipinski definition) is 0. The zero-order valence-electron chi connectivity index (χ0n) is 14.7. The molecular weight excluding hydrogens is 308 g/mol. The molecule has 25 heavy (non-hydrogen) atoms. The zero-order chi connectivity index (χ0) is 16.9. The molecule has 2 heterocycles. The van der Waals surface area contributed by atoms with Crippen molar-refractivity contribution in [2.24, 2.45) is 11.0 Å².